The summed E-state index contributed by atoms with van der Waals surface area (Å²) in [6.07, 6.45) is 3.93. The second kappa shape index (κ2) is 10.5. The summed E-state index contributed by atoms with van der Waals surface area (Å²) < 4.78 is 24.9. The van der Waals surface area contributed by atoms with Crippen LogP contribution in [0.4, 0.5) is 11.5 Å². The van der Waals surface area contributed by atoms with Crippen LogP contribution in [0.3, 0.4) is 0 Å². The van der Waals surface area contributed by atoms with Gasteiger partial charge >= 0.3 is 0 Å². The smallest absolute Gasteiger partial charge is 0.259 e. The maximum atomic E-state index is 12.8. The molecule has 2 aromatic heterocycles. The zero-order chi connectivity index (χ0) is 26.0. The lowest BCUT2D eigenvalue weighted by atomic mass is 9.89. The Morgan fingerprint density at radius 1 is 1.03 bits per heavy atom. The lowest BCUT2D eigenvalue weighted by Gasteiger charge is -2.31. The third-order valence-corrected chi connectivity index (χ3v) is 9.04. The normalized spacial score (nSPS) is 15.2. The molecule has 0 saturated carbocycles. The number of piperidine rings is 1. The van der Waals surface area contributed by atoms with Crippen LogP contribution in [0.2, 0.25) is 0 Å². The number of pyridine rings is 2. The lowest BCUT2D eigenvalue weighted by molar-refractivity contribution is 0.222. The highest BCUT2D eigenvalue weighted by Gasteiger charge is 2.20. The van der Waals surface area contributed by atoms with Crippen molar-refractivity contribution in [1.82, 2.24) is 14.9 Å². The first-order valence-corrected chi connectivity index (χ1v) is 14.5. The molecule has 2 N–H and O–H groups in total. The Morgan fingerprint density at radius 2 is 1.78 bits per heavy atom. The summed E-state index contributed by atoms with van der Waals surface area (Å²) in [4.78, 5) is 23.0. The number of aromatic amines is 1. The van der Waals surface area contributed by atoms with Crippen LogP contribution in [0, 0.1) is 0 Å². The molecule has 7 nitrogen and oxygen atoms in total. The molecule has 37 heavy (non-hydrogen) atoms. The molecule has 0 atom stereocenters. The fraction of sp³-hybridized carbons (Fsp3) is 0.310. The molecule has 1 aliphatic heterocycles. The summed E-state index contributed by atoms with van der Waals surface area (Å²) in [6, 6.07) is 18.8. The highest BCUT2D eigenvalue weighted by molar-refractivity contribution is 7.91. The van der Waals surface area contributed by atoms with Crippen LogP contribution in [0.15, 0.2) is 76.6 Å². The molecule has 8 heteroatoms. The van der Waals surface area contributed by atoms with E-state index in [1.165, 1.54) is 5.56 Å². The summed E-state index contributed by atoms with van der Waals surface area (Å²) in [5.74, 6) is 1.02. The van der Waals surface area contributed by atoms with E-state index in [1.54, 1.807) is 31.3 Å². The Balaban J connectivity index is 1.49. The number of sulfone groups is 1. The number of hydrogen-bond acceptors (Lipinski definition) is 6. The van der Waals surface area contributed by atoms with E-state index in [1.807, 2.05) is 30.3 Å². The molecule has 0 amide bonds. The van der Waals surface area contributed by atoms with Crippen molar-refractivity contribution in [3.8, 4) is 11.3 Å². The van der Waals surface area contributed by atoms with Crippen molar-refractivity contribution < 1.29 is 8.42 Å². The van der Waals surface area contributed by atoms with Crippen molar-refractivity contribution in [3.05, 3.63) is 82.8 Å². The van der Waals surface area contributed by atoms with Gasteiger partial charge in [-0.15, -0.1) is 0 Å². The first-order chi connectivity index (χ1) is 17.9. The predicted molar refractivity (Wildman–Crippen MR) is 149 cm³/mol. The van der Waals surface area contributed by atoms with Gasteiger partial charge in [-0.25, -0.2) is 13.4 Å². The van der Waals surface area contributed by atoms with E-state index < -0.39 is 9.84 Å². The predicted octanol–water partition coefficient (Wildman–Crippen LogP) is 5.33. The van der Waals surface area contributed by atoms with Gasteiger partial charge in [0.2, 0.25) is 0 Å². The van der Waals surface area contributed by atoms with Gasteiger partial charge in [0, 0.05) is 17.4 Å². The largest absolute Gasteiger partial charge is 0.340 e. The van der Waals surface area contributed by atoms with Crippen LogP contribution < -0.4 is 10.9 Å². The first kappa shape index (κ1) is 25.2. The van der Waals surface area contributed by atoms with Crippen molar-refractivity contribution in [2.24, 2.45) is 0 Å². The third-order valence-electron chi connectivity index (χ3n) is 7.30. The molecule has 3 heterocycles. The second-order valence-electron chi connectivity index (χ2n) is 9.51. The van der Waals surface area contributed by atoms with Crippen molar-refractivity contribution >= 4 is 32.1 Å². The summed E-state index contributed by atoms with van der Waals surface area (Å²) in [6.45, 7) is 7.21. The molecule has 2 aromatic carbocycles. The molecule has 0 aliphatic carbocycles. The number of hydrogen-bond donors (Lipinski definition) is 2. The van der Waals surface area contributed by atoms with E-state index in [9.17, 15) is 13.2 Å². The van der Waals surface area contributed by atoms with Crippen LogP contribution in [0.5, 0.6) is 0 Å². The van der Waals surface area contributed by atoms with Gasteiger partial charge in [0.15, 0.2) is 9.84 Å². The maximum absolute atomic E-state index is 12.8. The average Bonchev–Trinajstić information content (AvgIpc) is 2.93. The third kappa shape index (κ3) is 5.31. The van der Waals surface area contributed by atoms with Gasteiger partial charge in [0.1, 0.15) is 5.82 Å². The van der Waals surface area contributed by atoms with Gasteiger partial charge in [0.25, 0.3) is 5.56 Å². The Labute approximate surface area is 217 Å². The van der Waals surface area contributed by atoms with Crippen LogP contribution >= 0.6 is 0 Å². The molecule has 192 valence electrons. The quantitative estimate of drug-likeness (QED) is 0.345. The van der Waals surface area contributed by atoms with Crippen molar-refractivity contribution in [2.45, 2.75) is 37.5 Å². The fourth-order valence-electron chi connectivity index (χ4n) is 5.03. The number of likely N-dealkylation sites (tertiary alicyclic amines) is 1. The van der Waals surface area contributed by atoms with E-state index in [4.69, 9.17) is 4.98 Å². The zero-order valence-corrected chi connectivity index (χ0v) is 22.0. The Morgan fingerprint density at radius 3 is 2.49 bits per heavy atom. The van der Waals surface area contributed by atoms with Crippen LogP contribution in [-0.4, -0.2) is 48.7 Å². The van der Waals surface area contributed by atoms with Crippen molar-refractivity contribution in [1.29, 1.82) is 0 Å². The van der Waals surface area contributed by atoms with E-state index in [0.717, 1.165) is 43.5 Å². The molecule has 0 radical (unpaired) electrons. The number of rotatable bonds is 7. The van der Waals surface area contributed by atoms with Crippen LogP contribution in [0.25, 0.3) is 22.0 Å². The van der Waals surface area contributed by atoms with Gasteiger partial charge in [0.05, 0.1) is 21.7 Å². The monoisotopic (exact) mass is 516 g/mol. The molecular weight excluding hydrogens is 484 g/mol. The van der Waals surface area contributed by atoms with E-state index >= 15 is 0 Å². The fourth-order valence-corrected chi connectivity index (χ4v) is 5.95. The summed E-state index contributed by atoms with van der Waals surface area (Å²) in [5.41, 5.74) is 3.20. The average molecular weight is 517 g/mol. The molecular formula is C29H32N4O3S. The van der Waals surface area contributed by atoms with Gasteiger partial charge in [-0.2, -0.15) is 0 Å². The number of nitrogens with one attached hydrogen (secondary N) is 2. The topological polar surface area (TPSA) is 95.2 Å². The molecule has 0 unspecified atom stereocenters. The second-order valence-corrected chi connectivity index (χ2v) is 11.8. The molecule has 4 aromatic rings. The standard InChI is InChI=1S/C29H32N4O3S/c1-3-33-16-13-21(14-17-33)20-8-10-24(11-9-20)31-28-27-23(12-15-30-29(27)34)19-26(32-28)22-6-5-7-25(18-22)37(35,36)4-2/h5-12,15,18-19,21H,3-4,13-14,16-17H2,1-2H3,(H,30,34)(H,31,32). The van der Waals surface area contributed by atoms with E-state index in [0.29, 0.717) is 28.4 Å². The molecule has 0 bridgehead atoms. The first-order valence-electron chi connectivity index (χ1n) is 12.8. The SMILES string of the molecule is CCN1CCC(c2ccc(Nc3nc(-c4cccc(S(=O)(=O)CC)c4)cc4cc[nH]c(=O)c34)cc2)CC1. The Kier molecular flexibility index (Phi) is 7.13. The van der Waals surface area contributed by atoms with Crippen LogP contribution in [0.1, 0.15) is 38.2 Å². The number of nitrogens with zero attached hydrogens (tertiary/aromatic N) is 2. The Hall–Kier alpha value is -3.49. The summed E-state index contributed by atoms with van der Waals surface area (Å²) >= 11 is 0. The summed E-state index contributed by atoms with van der Waals surface area (Å²) in [7, 11) is -3.36. The maximum Gasteiger partial charge on any atom is 0.259 e. The number of benzene rings is 2. The van der Waals surface area contributed by atoms with Gasteiger partial charge in [-0.3, -0.25) is 4.79 Å². The minimum absolute atomic E-state index is 0.0253. The molecule has 0 spiro atoms. The minimum atomic E-state index is -3.36. The van der Waals surface area contributed by atoms with E-state index in [2.05, 4.69) is 34.3 Å². The highest BCUT2D eigenvalue weighted by atomic mass is 32.2. The number of anilines is 2. The van der Waals surface area contributed by atoms with Gasteiger partial charge < -0.3 is 15.2 Å². The zero-order valence-electron chi connectivity index (χ0n) is 21.2. The molecule has 1 aliphatic rings. The van der Waals surface area contributed by atoms with Crippen molar-refractivity contribution in [3.63, 3.8) is 0 Å². The number of H-pyrrole nitrogens is 1. The Bertz CT molecular complexity index is 1570. The van der Waals surface area contributed by atoms with Gasteiger partial charge in [-0.05, 0) is 85.7 Å². The van der Waals surface area contributed by atoms with E-state index in [-0.39, 0.29) is 16.2 Å². The van der Waals surface area contributed by atoms with Crippen LogP contribution in [-0.2, 0) is 9.84 Å². The van der Waals surface area contributed by atoms with Gasteiger partial charge in [-0.1, -0.05) is 38.1 Å². The minimum Gasteiger partial charge on any atom is -0.340 e. The number of fused-ring (bicyclic) bond motifs is 1. The lowest BCUT2D eigenvalue weighted by Crippen LogP contribution is -2.32. The molecule has 5 rings (SSSR count). The molecule has 1 saturated heterocycles. The van der Waals surface area contributed by atoms with Crippen molar-refractivity contribution in [2.75, 3.05) is 30.7 Å². The molecule has 1 fully saturated rings. The number of aromatic nitrogens is 2. The highest BCUT2D eigenvalue weighted by Crippen LogP contribution is 2.31. The summed E-state index contributed by atoms with van der Waals surface area (Å²) in [5, 5.41) is 4.52.